The van der Waals surface area contributed by atoms with Gasteiger partial charge in [-0.1, -0.05) is 0 Å². The van der Waals surface area contributed by atoms with Crippen molar-refractivity contribution in [1.82, 2.24) is 29.0 Å². The van der Waals surface area contributed by atoms with Crippen LogP contribution in [0.4, 0.5) is 0 Å². The molecule has 1 N–H and O–H groups in total. The van der Waals surface area contributed by atoms with Crippen molar-refractivity contribution >= 4 is 28.4 Å². The van der Waals surface area contributed by atoms with Crippen LogP contribution in [0.3, 0.4) is 0 Å². The Hall–Kier alpha value is -2.75. The standard InChI is InChI=1S/C15H18N6O3S/c1-15(2,13-16-5-6-25-13)18-9(22)7-21-8-17-11-10(21)12(23)20(4)14(24)19(11)3/h5-6,8H,7H2,1-4H3,(H,18,22). The first kappa shape index (κ1) is 17.1. The number of aromatic nitrogens is 5. The Balaban J connectivity index is 1.93. The minimum atomic E-state index is -0.626. The van der Waals surface area contributed by atoms with Crippen molar-refractivity contribution in [2.75, 3.05) is 0 Å². The van der Waals surface area contributed by atoms with Crippen LogP contribution in [0.2, 0.25) is 0 Å². The lowest BCUT2D eigenvalue weighted by atomic mass is 10.1. The van der Waals surface area contributed by atoms with Crippen LogP contribution in [0, 0.1) is 0 Å². The van der Waals surface area contributed by atoms with E-state index in [-0.39, 0.29) is 23.6 Å². The Bertz CT molecular complexity index is 1060. The number of fused-ring (bicyclic) bond motifs is 1. The number of carbonyl (C=O) groups is 1. The Labute approximate surface area is 146 Å². The average molecular weight is 362 g/mol. The van der Waals surface area contributed by atoms with Crippen LogP contribution in [0.5, 0.6) is 0 Å². The van der Waals surface area contributed by atoms with Gasteiger partial charge in [-0.15, -0.1) is 11.3 Å². The number of rotatable bonds is 4. The van der Waals surface area contributed by atoms with E-state index >= 15 is 0 Å². The van der Waals surface area contributed by atoms with Gasteiger partial charge in [0.15, 0.2) is 11.2 Å². The van der Waals surface area contributed by atoms with Crippen molar-refractivity contribution < 1.29 is 4.79 Å². The summed E-state index contributed by atoms with van der Waals surface area (Å²) in [7, 11) is 2.93. The maximum absolute atomic E-state index is 12.5. The molecular weight excluding hydrogens is 344 g/mol. The summed E-state index contributed by atoms with van der Waals surface area (Å²) in [4.78, 5) is 45.1. The predicted octanol–water partition coefficient (Wildman–Crippen LogP) is -0.0583. The summed E-state index contributed by atoms with van der Waals surface area (Å²) in [6.07, 6.45) is 3.07. The molecule has 0 saturated carbocycles. The highest BCUT2D eigenvalue weighted by atomic mass is 32.1. The molecule has 1 amide bonds. The molecule has 3 aromatic heterocycles. The third kappa shape index (κ3) is 2.88. The van der Waals surface area contributed by atoms with E-state index in [4.69, 9.17) is 0 Å². The zero-order chi connectivity index (χ0) is 18.4. The van der Waals surface area contributed by atoms with Crippen LogP contribution in [0.25, 0.3) is 11.2 Å². The Morgan fingerprint density at radius 1 is 1.24 bits per heavy atom. The molecule has 132 valence electrons. The summed E-state index contributed by atoms with van der Waals surface area (Å²) >= 11 is 1.45. The Morgan fingerprint density at radius 3 is 2.60 bits per heavy atom. The number of nitrogens with one attached hydrogen (secondary N) is 1. The number of amides is 1. The van der Waals surface area contributed by atoms with Crippen LogP contribution in [0.15, 0.2) is 27.5 Å². The molecule has 0 atom stereocenters. The Morgan fingerprint density at radius 2 is 1.96 bits per heavy atom. The molecule has 0 unspecified atom stereocenters. The monoisotopic (exact) mass is 362 g/mol. The second-order valence-corrected chi connectivity index (χ2v) is 7.16. The molecule has 0 spiro atoms. The summed E-state index contributed by atoms with van der Waals surface area (Å²) < 4.78 is 3.73. The van der Waals surface area contributed by atoms with Crippen LogP contribution in [-0.2, 0) is 31.0 Å². The zero-order valence-corrected chi connectivity index (χ0v) is 15.1. The molecule has 3 rings (SSSR count). The highest BCUT2D eigenvalue weighted by Gasteiger charge is 2.26. The predicted molar refractivity (Wildman–Crippen MR) is 93.5 cm³/mol. The van der Waals surface area contributed by atoms with Gasteiger partial charge in [0.1, 0.15) is 11.6 Å². The van der Waals surface area contributed by atoms with Crippen molar-refractivity contribution in [3.05, 3.63) is 43.7 Å². The summed E-state index contributed by atoms with van der Waals surface area (Å²) in [6.45, 7) is 3.63. The summed E-state index contributed by atoms with van der Waals surface area (Å²) in [5, 5.41) is 5.54. The second-order valence-electron chi connectivity index (χ2n) is 6.26. The smallest absolute Gasteiger partial charge is 0.332 e. The number of carbonyl (C=O) groups excluding carboxylic acids is 1. The van der Waals surface area contributed by atoms with Gasteiger partial charge >= 0.3 is 5.69 Å². The molecule has 0 radical (unpaired) electrons. The summed E-state index contributed by atoms with van der Waals surface area (Å²) in [6, 6.07) is 0. The molecule has 0 aliphatic heterocycles. The van der Waals surface area contributed by atoms with Crippen LogP contribution >= 0.6 is 11.3 Å². The lowest BCUT2D eigenvalue weighted by molar-refractivity contribution is -0.123. The highest BCUT2D eigenvalue weighted by molar-refractivity contribution is 7.09. The van der Waals surface area contributed by atoms with Crippen molar-refractivity contribution in [2.24, 2.45) is 14.1 Å². The largest absolute Gasteiger partial charge is 0.343 e. The van der Waals surface area contributed by atoms with E-state index in [1.807, 2.05) is 19.2 Å². The zero-order valence-electron chi connectivity index (χ0n) is 14.3. The van der Waals surface area contributed by atoms with Gasteiger partial charge in [0, 0.05) is 25.7 Å². The second kappa shape index (κ2) is 5.96. The van der Waals surface area contributed by atoms with Crippen LogP contribution < -0.4 is 16.6 Å². The highest BCUT2D eigenvalue weighted by Crippen LogP contribution is 2.21. The molecule has 0 saturated heterocycles. The molecular formula is C15H18N6O3S. The minimum absolute atomic E-state index is 0.0846. The van der Waals surface area contributed by atoms with E-state index in [1.165, 1.54) is 40.9 Å². The third-order valence-electron chi connectivity index (χ3n) is 3.95. The number of thiazole rings is 1. The van der Waals surface area contributed by atoms with E-state index in [1.54, 1.807) is 6.20 Å². The van der Waals surface area contributed by atoms with Gasteiger partial charge in [-0.05, 0) is 13.8 Å². The van der Waals surface area contributed by atoms with E-state index in [0.29, 0.717) is 0 Å². The normalized spacial score (nSPS) is 11.8. The maximum atomic E-state index is 12.5. The molecule has 0 fully saturated rings. The third-order valence-corrected chi connectivity index (χ3v) is 5.05. The van der Waals surface area contributed by atoms with Crippen LogP contribution in [0.1, 0.15) is 18.9 Å². The first-order chi connectivity index (χ1) is 11.7. The van der Waals surface area contributed by atoms with E-state index in [9.17, 15) is 14.4 Å². The molecule has 0 aliphatic rings. The molecule has 3 heterocycles. The number of nitrogens with zero attached hydrogens (tertiary/aromatic N) is 5. The summed E-state index contributed by atoms with van der Waals surface area (Å²) in [5.41, 5.74) is -1.11. The van der Waals surface area contributed by atoms with Crippen molar-refractivity contribution in [3.63, 3.8) is 0 Å². The fourth-order valence-corrected chi connectivity index (χ4v) is 3.36. The van der Waals surface area contributed by atoms with E-state index in [2.05, 4.69) is 15.3 Å². The van der Waals surface area contributed by atoms with Crippen molar-refractivity contribution in [2.45, 2.75) is 25.9 Å². The van der Waals surface area contributed by atoms with Gasteiger partial charge in [0.2, 0.25) is 5.91 Å². The maximum Gasteiger partial charge on any atom is 0.332 e. The van der Waals surface area contributed by atoms with Crippen molar-refractivity contribution in [3.8, 4) is 0 Å². The average Bonchev–Trinajstić information content (AvgIpc) is 3.20. The number of hydrogen-bond donors (Lipinski definition) is 1. The van der Waals surface area contributed by atoms with E-state index in [0.717, 1.165) is 9.57 Å². The van der Waals surface area contributed by atoms with Gasteiger partial charge < -0.3 is 9.88 Å². The number of aryl methyl sites for hydroxylation is 1. The molecule has 0 aliphatic carbocycles. The molecule has 25 heavy (non-hydrogen) atoms. The van der Waals surface area contributed by atoms with Gasteiger partial charge in [-0.2, -0.15) is 0 Å². The first-order valence-corrected chi connectivity index (χ1v) is 8.42. The molecule has 10 heteroatoms. The number of hydrogen-bond acceptors (Lipinski definition) is 6. The quantitative estimate of drug-likeness (QED) is 0.700. The van der Waals surface area contributed by atoms with Gasteiger partial charge in [0.25, 0.3) is 5.56 Å². The SMILES string of the molecule is Cn1c(=O)c2c(ncn2CC(=O)NC(C)(C)c2nccs2)n(C)c1=O. The molecule has 0 bridgehead atoms. The molecule has 0 aromatic carbocycles. The minimum Gasteiger partial charge on any atom is -0.343 e. The lowest BCUT2D eigenvalue weighted by Gasteiger charge is -2.23. The van der Waals surface area contributed by atoms with Gasteiger partial charge in [-0.3, -0.25) is 18.7 Å². The van der Waals surface area contributed by atoms with Crippen LogP contribution in [-0.4, -0.2) is 29.6 Å². The topological polar surface area (TPSA) is 104 Å². The Kier molecular flexibility index (Phi) is 4.07. The number of imidazole rings is 1. The first-order valence-electron chi connectivity index (χ1n) is 7.54. The van der Waals surface area contributed by atoms with E-state index < -0.39 is 16.8 Å². The van der Waals surface area contributed by atoms with Crippen molar-refractivity contribution in [1.29, 1.82) is 0 Å². The summed E-state index contributed by atoms with van der Waals surface area (Å²) in [5.74, 6) is -0.282. The van der Waals surface area contributed by atoms with Gasteiger partial charge in [0.05, 0.1) is 11.9 Å². The fourth-order valence-electron chi connectivity index (χ4n) is 2.65. The lowest BCUT2D eigenvalue weighted by Crippen LogP contribution is -2.43. The molecule has 9 nitrogen and oxygen atoms in total. The van der Waals surface area contributed by atoms with Gasteiger partial charge in [-0.25, -0.2) is 14.8 Å². The molecule has 3 aromatic rings. The fraction of sp³-hybridized carbons (Fsp3) is 0.400.